The van der Waals surface area contributed by atoms with Gasteiger partial charge in [0.1, 0.15) is 0 Å². The lowest BCUT2D eigenvalue weighted by Crippen LogP contribution is -2.52. The molecule has 8 heteroatoms. The van der Waals surface area contributed by atoms with Crippen molar-refractivity contribution in [3.63, 3.8) is 0 Å². The zero-order valence-corrected chi connectivity index (χ0v) is 22.1. The van der Waals surface area contributed by atoms with E-state index < -0.39 is 21.8 Å². The maximum absolute atomic E-state index is 13.7. The summed E-state index contributed by atoms with van der Waals surface area (Å²) in [6.07, 6.45) is 0.0657. The van der Waals surface area contributed by atoms with Crippen molar-refractivity contribution in [3.05, 3.63) is 95.6 Å². The number of piperazine rings is 1. The third-order valence-electron chi connectivity index (χ3n) is 7.80. The summed E-state index contributed by atoms with van der Waals surface area (Å²) >= 11 is 0. The SMILES string of the molecule is O=S(=O)(C1CCCCC1)N1CCN(Cc2ccc(-c3ccccc3C(F)(F)F)cc2)CC1c1ccccc1. The summed E-state index contributed by atoms with van der Waals surface area (Å²) in [5, 5.41) is -0.305. The molecule has 1 atom stereocenters. The molecule has 38 heavy (non-hydrogen) atoms. The van der Waals surface area contributed by atoms with Gasteiger partial charge in [0.15, 0.2) is 0 Å². The summed E-state index contributed by atoms with van der Waals surface area (Å²) in [5.74, 6) is 0. The standard InChI is InChI=1S/C30H33F3N2O2S/c31-30(32,33)28-14-8-7-13-27(28)24-17-15-23(16-18-24)21-34-19-20-35(29(22-34)25-9-3-1-4-10-25)38(36,37)26-11-5-2-6-12-26/h1,3-4,7-10,13-18,26,29H,2,5-6,11-12,19-22H2. The summed E-state index contributed by atoms with van der Waals surface area (Å²) < 4.78 is 69.5. The highest BCUT2D eigenvalue weighted by Gasteiger charge is 2.40. The first-order valence-electron chi connectivity index (χ1n) is 13.3. The molecule has 0 spiro atoms. The highest BCUT2D eigenvalue weighted by atomic mass is 32.2. The van der Waals surface area contributed by atoms with Gasteiger partial charge in [0, 0.05) is 26.2 Å². The fourth-order valence-corrected chi connectivity index (χ4v) is 7.99. The third-order valence-corrected chi connectivity index (χ3v) is 10.2. The monoisotopic (exact) mass is 542 g/mol. The lowest BCUT2D eigenvalue weighted by Gasteiger charge is -2.42. The van der Waals surface area contributed by atoms with E-state index in [2.05, 4.69) is 4.90 Å². The molecule has 1 saturated carbocycles. The molecule has 202 valence electrons. The van der Waals surface area contributed by atoms with E-state index in [9.17, 15) is 21.6 Å². The predicted octanol–water partition coefficient (Wildman–Crippen LogP) is 6.89. The number of benzene rings is 3. The smallest absolute Gasteiger partial charge is 0.296 e. The fraction of sp³-hybridized carbons (Fsp3) is 0.400. The molecule has 0 radical (unpaired) electrons. The van der Waals surface area contributed by atoms with Crippen LogP contribution in [0.2, 0.25) is 0 Å². The second-order valence-electron chi connectivity index (χ2n) is 10.3. The number of hydrogen-bond acceptors (Lipinski definition) is 3. The normalized spacial score (nSPS) is 20.4. The van der Waals surface area contributed by atoms with Gasteiger partial charge in [0.25, 0.3) is 0 Å². The molecule has 0 N–H and O–H groups in total. The van der Waals surface area contributed by atoms with Crippen LogP contribution < -0.4 is 0 Å². The number of halogens is 3. The van der Waals surface area contributed by atoms with Gasteiger partial charge in [-0.1, -0.05) is 92.1 Å². The molecule has 0 bridgehead atoms. The van der Waals surface area contributed by atoms with Gasteiger partial charge in [-0.3, -0.25) is 4.90 Å². The Labute approximate surface area is 223 Å². The molecule has 0 amide bonds. The Balaban J connectivity index is 1.34. The molecular weight excluding hydrogens is 509 g/mol. The van der Waals surface area contributed by atoms with Crippen molar-refractivity contribution in [3.8, 4) is 11.1 Å². The Morgan fingerprint density at radius 1 is 0.789 bits per heavy atom. The summed E-state index contributed by atoms with van der Waals surface area (Å²) in [5.41, 5.74) is 2.00. The van der Waals surface area contributed by atoms with Gasteiger partial charge >= 0.3 is 6.18 Å². The second-order valence-corrected chi connectivity index (χ2v) is 12.5. The molecule has 1 aliphatic heterocycles. The van der Waals surface area contributed by atoms with Crippen LogP contribution in [0, 0.1) is 0 Å². The van der Waals surface area contributed by atoms with Gasteiger partial charge < -0.3 is 0 Å². The number of hydrogen-bond donors (Lipinski definition) is 0. The number of sulfonamides is 1. The maximum atomic E-state index is 13.7. The maximum Gasteiger partial charge on any atom is 0.417 e. The lowest BCUT2D eigenvalue weighted by atomic mass is 9.98. The van der Waals surface area contributed by atoms with Crippen LogP contribution in [0.4, 0.5) is 13.2 Å². The first kappa shape index (κ1) is 26.9. The van der Waals surface area contributed by atoms with Gasteiger partial charge in [-0.05, 0) is 41.2 Å². The summed E-state index contributed by atoms with van der Waals surface area (Å²) in [6, 6.07) is 22.3. The third kappa shape index (κ3) is 5.82. The average Bonchev–Trinajstić information content (AvgIpc) is 2.94. The van der Waals surface area contributed by atoms with E-state index in [0.717, 1.165) is 49.3 Å². The molecule has 0 aromatic heterocycles. The molecule has 2 aliphatic rings. The van der Waals surface area contributed by atoms with Crippen LogP contribution >= 0.6 is 0 Å². The van der Waals surface area contributed by atoms with E-state index in [0.29, 0.717) is 31.7 Å². The van der Waals surface area contributed by atoms with Crippen LogP contribution in [0.25, 0.3) is 11.1 Å². The van der Waals surface area contributed by atoms with Crippen molar-refractivity contribution in [2.24, 2.45) is 0 Å². The molecule has 1 unspecified atom stereocenters. The minimum absolute atomic E-state index is 0.164. The molecule has 1 aliphatic carbocycles. The van der Waals surface area contributed by atoms with Crippen LogP contribution in [0.3, 0.4) is 0 Å². The summed E-state index contributed by atoms with van der Waals surface area (Å²) in [6.45, 7) is 2.19. The van der Waals surface area contributed by atoms with E-state index in [1.165, 1.54) is 12.1 Å². The molecule has 3 aromatic rings. The van der Waals surface area contributed by atoms with Gasteiger partial charge in [0.05, 0.1) is 16.9 Å². The van der Waals surface area contributed by atoms with Crippen LogP contribution in [0.1, 0.15) is 54.8 Å². The van der Waals surface area contributed by atoms with Gasteiger partial charge in [-0.15, -0.1) is 0 Å². The highest BCUT2D eigenvalue weighted by molar-refractivity contribution is 7.89. The molecule has 5 rings (SSSR count). The van der Waals surface area contributed by atoms with Crippen LogP contribution in [-0.4, -0.2) is 42.5 Å². The topological polar surface area (TPSA) is 40.6 Å². The number of alkyl halides is 3. The van der Waals surface area contributed by atoms with E-state index in [1.807, 2.05) is 42.5 Å². The quantitative estimate of drug-likeness (QED) is 0.341. The summed E-state index contributed by atoms with van der Waals surface area (Å²) in [4.78, 5) is 2.24. The van der Waals surface area contributed by atoms with Gasteiger partial charge in [0.2, 0.25) is 10.0 Å². The van der Waals surface area contributed by atoms with Crippen LogP contribution in [0.15, 0.2) is 78.9 Å². The molecule has 3 aromatic carbocycles. The Kier molecular flexibility index (Phi) is 7.93. The van der Waals surface area contributed by atoms with E-state index in [4.69, 9.17) is 0 Å². The minimum atomic E-state index is -4.42. The first-order chi connectivity index (χ1) is 18.2. The van der Waals surface area contributed by atoms with Crippen molar-refractivity contribution in [1.82, 2.24) is 9.21 Å². The van der Waals surface area contributed by atoms with E-state index in [-0.39, 0.29) is 16.9 Å². The Bertz CT molecular complexity index is 1320. The molecular formula is C30H33F3N2O2S. The van der Waals surface area contributed by atoms with Gasteiger partial charge in [-0.2, -0.15) is 17.5 Å². The van der Waals surface area contributed by atoms with Crippen molar-refractivity contribution in [1.29, 1.82) is 0 Å². The molecule has 2 fully saturated rings. The van der Waals surface area contributed by atoms with Crippen LogP contribution in [-0.2, 0) is 22.7 Å². The van der Waals surface area contributed by atoms with Crippen molar-refractivity contribution < 1.29 is 21.6 Å². The van der Waals surface area contributed by atoms with E-state index >= 15 is 0 Å². The zero-order valence-electron chi connectivity index (χ0n) is 21.3. The zero-order chi connectivity index (χ0) is 26.8. The Morgan fingerprint density at radius 2 is 1.45 bits per heavy atom. The van der Waals surface area contributed by atoms with Crippen molar-refractivity contribution in [2.75, 3.05) is 19.6 Å². The van der Waals surface area contributed by atoms with Crippen molar-refractivity contribution in [2.45, 2.75) is 56.1 Å². The molecule has 1 saturated heterocycles. The average molecular weight is 543 g/mol. The Hall–Kier alpha value is -2.68. The number of rotatable bonds is 6. The minimum Gasteiger partial charge on any atom is -0.296 e. The number of nitrogens with zero attached hydrogens (tertiary/aromatic N) is 2. The summed E-state index contributed by atoms with van der Waals surface area (Å²) in [7, 11) is -3.42. The first-order valence-corrected chi connectivity index (χ1v) is 14.8. The molecule has 1 heterocycles. The Morgan fingerprint density at radius 3 is 2.13 bits per heavy atom. The second kappa shape index (κ2) is 11.2. The largest absolute Gasteiger partial charge is 0.417 e. The van der Waals surface area contributed by atoms with Crippen molar-refractivity contribution >= 4 is 10.0 Å². The van der Waals surface area contributed by atoms with E-state index in [1.54, 1.807) is 22.5 Å². The van der Waals surface area contributed by atoms with Gasteiger partial charge in [-0.25, -0.2) is 8.42 Å². The highest BCUT2D eigenvalue weighted by Crippen LogP contribution is 2.37. The fourth-order valence-electron chi connectivity index (χ4n) is 5.80. The predicted molar refractivity (Wildman–Crippen MR) is 144 cm³/mol. The molecule has 4 nitrogen and oxygen atoms in total. The lowest BCUT2D eigenvalue weighted by molar-refractivity contribution is -0.137. The van der Waals surface area contributed by atoms with Crippen LogP contribution in [0.5, 0.6) is 0 Å².